The van der Waals surface area contributed by atoms with Crippen LogP contribution in [0.5, 0.6) is 0 Å². The Hall–Kier alpha value is -3.48. The number of rotatable bonds is 5. The number of hydrogen-bond donors (Lipinski definition) is 0. The Morgan fingerprint density at radius 1 is 1.12 bits per heavy atom. The van der Waals surface area contributed by atoms with Gasteiger partial charge in [-0.3, -0.25) is 10.1 Å². The molecule has 0 saturated heterocycles. The molecule has 4 aromatic rings. The van der Waals surface area contributed by atoms with Crippen LogP contribution in [0.15, 0.2) is 59.0 Å². The second-order valence-corrected chi connectivity index (χ2v) is 5.96. The van der Waals surface area contributed by atoms with Gasteiger partial charge in [-0.2, -0.15) is 0 Å². The third kappa shape index (κ3) is 2.83. The first-order chi connectivity index (χ1) is 12.7. The van der Waals surface area contributed by atoms with Gasteiger partial charge in [-0.25, -0.2) is 0 Å². The molecular weight excluding hydrogens is 332 g/mol. The van der Waals surface area contributed by atoms with E-state index in [0.29, 0.717) is 24.7 Å². The van der Waals surface area contributed by atoms with Crippen LogP contribution in [0.1, 0.15) is 18.4 Å². The molecule has 130 valence electrons. The van der Waals surface area contributed by atoms with Crippen LogP contribution in [0, 0.1) is 10.1 Å². The van der Waals surface area contributed by atoms with E-state index >= 15 is 0 Å². The van der Waals surface area contributed by atoms with E-state index in [0.717, 1.165) is 22.2 Å². The second-order valence-electron chi connectivity index (χ2n) is 5.96. The number of para-hydroxylation sites is 1. The average molecular weight is 348 g/mol. The Kier molecular flexibility index (Phi) is 3.96. The maximum Gasteiger partial charge on any atom is 0.269 e. The summed E-state index contributed by atoms with van der Waals surface area (Å²) in [6.07, 6.45) is 0.665. The summed E-state index contributed by atoms with van der Waals surface area (Å²) in [4.78, 5) is 10.7. The Morgan fingerprint density at radius 3 is 2.73 bits per heavy atom. The molecule has 0 aliphatic heterocycles. The summed E-state index contributed by atoms with van der Waals surface area (Å²) in [5.41, 5.74) is 2.71. The lowest BCUT2D eigenvalue weighted by atomic mass is 10.2. The zero-order chi connectivity index (χ0) is 18.1. The number of aromatic nitrogens is 3. The van der Waals surface area contributed by atoms with E-state index in [9.17, 15) is 10.1 Å². The monoisotopic (exact) mass is 348 g/mol. The minimum Gasteiger partial charge on any atom is -0.419 e. The fourth-order valence-electron chi connectivity index (χ4n) is 3.01. The molecule has 0 bridgehead atoms. The summed E-state index contributed by atoms with van der Waals surface area (Å²) >= 11 is 0. The molecule has 7 heteroatoms. The predicted molar refractivity (Wildman–Crippen MR) is 96.8 cm³/mol. The highest BCUT2D eigenvalue weighted by Crippen LogP contribution is 2.29. The van der Waals surface area contributed by atoms with E-state index in [1.165, 1.54) is 6.07 Å². The normalized spacial score (nSPS) is 11.1. The first-order valence-corrected chi connectivity index (χ1v) is 8.30. The third-order valence-corrected chi connectivity index (χ3v) is 4.26. The number of fused-ring (bicyclic) bond motifs is 1. The first-order valence-electron chi connectivity index (χ1n) is 8.30. The van der Waals surface area contributed by atoms with E-state index in [1.807, 2.05) is 47.9 Å². The number of non-ortho nitro benzene ring substituents is 1. The lowest BCUT2D eigenvalue weighted by Gasteiger charge is -2.09. The molecule has 0 amide bonds. The molecule has 2 aromatic carbocycles. The van der Waals surface area contributed by atoms with Gasteiger partial charge in [-0.15, -0.1) is 10.2 Å². The lowest BCUT2D eigenvalue weighted by molar-refractivity contribution is -0.384. The Balaban J connectivity index is 1.83. The summed E-state index contributed by atoms with van der Waals surface area (Å²) in [5.74, 6) is 1.02. The smallest absolute Gasteiger partial charge is 0.269 e. The number of nitrogens with zero attached hydrogens (tertiary/aromatic N) is 4. The molecule has 26 heavy (non-hydrogen) atoms. The first kappa shape index (κ1) is 16.0. The van der Waals surface area contributed by atoms with Gasteiger partial charge in [0.05, 0.1) is 4.92 Å². The molecule has 0 aliphatic rings. The van der Waals surface area contributed by atoms with Crippen molar-refractivity contribution in [3.63, 3.8) is 0 Å². The second kappa shape index (κ2) is 6.44. The highest BCUT2D eigenvalue weighted by molar-refractivity contribution is 5.85. The molecule has 0 spiro atoms. The van der Waals surface area contributed by atoms with E-state index in [4.69, 9.17) is 4.42 Å². The minimum absolute atomic E-state index is 0.0755. The van der Waals surface area contributed by atoms with E-state index in [1.54, 1.807) is 12.1 Å². The van der Waals surface area contributed by atoms with Gasteiger partial charge in [0, 0.05) is 36.0 Å². The van der Waals surface area contributed by atoms with Gasteiger partial charge >= 0.3 is 0 Å². The number of aryl methyl sites for hydroxylation is 1. The summed E-state index contributed by atoms with van der Waals surface area (Å²) in [5, 5.41) is 20.3. The van der Waals surface area contributed by atoms with Crippen molar-refractivity contribution in [3.05, 3.63) is 76.2 Å². The Labute approximate surface area is 149 Å². The van der Waals surface area contributed by atoms with Crippen LogP contribution in [0.3, 0.4) is 0 Å². The van der Waals surface area contributed by atoms with Crippen LogP contribution in [-0.4, -0.2) is 19.7 Å². The maximum atomic E-state index is 11.1. The topological polar surface area (TPSA) is 87.0 Å². The molecule has 0 atom stereocenters. The molecule has 0 radical (unpaired) electrons. The van der Waals surface area contributed by atoms with Gasteiger partial charge in [0.25, 0.3) is 11.6 Å². The van der Waals surface area contributed by atoms with E-state index in [2.05, 4.69) is 10.2 Å². The number of benzene rings is 2. The number of nitro benzene ring substituents is 1. The van der Waals surface area contributed by atoms with Crippen LogP contribution >= 0.6 is 0 Å². The molecule has 7 nitrogen and oxygen atoms in total. The van der Waals surface area contributed by atoms with Crippen molar-refractivity contribution in [2.24, 2.45) is 0 Å². The zero-order valence-corrected chi connectivity index (χ0v) is 14.1. The molecule has 0 saturated carbocycles. The van der Waals surface area contributed by atoms with Gasteiger partial charge in [0.15, 0.2) is 0 Å². The number of nitro groups is 1. The Morgan fingerprint density at radius 2 is 1.96 bits per heavy atom. The fraction of sp³-hybridized carbons (Fsp3) is 0.158. The van der Waals surface area contributed by atoms with Crippen LogP contribution in [0.25, 0.3) is 22.5 Å². The largest absolute Gasteiger partial charge is 0.419 e. The van der Waals surface area contributed by atoms with E-state index < -0.39 is 0 Å². The van der Waals surface area contributed by atoms with Crippen LogP contribution in [0.2, 0.25) is 0 Å². The fourth-order valence-corrected chi connectivity index (χ4v) is 3.01. The molecular formula is C19H16N4O3. The van der Waals surface area contributed by atoms with Crippen molar-refractivity contribution in [2.75, 3.05) is 0 Å². The van der Waals surface area contributed by atoms with Crippen molar-refractivity contribution in [2.45, 2.75) is 19.9 Å². The molecule has 2 heterocycles. The third-order valence-electron chi connectivity index (χ3n) is 4.26. The van der Waals surface area contributed by atoms with Crippen molar-refractivity contribution >= 4 is 16.6 Å². The SMILES string of the molecule is CCc1nnc(-c2cc3ccccc3n2Cc2cccc([N+](=O)[O-])c2)o1. The molecule has 4 rings (SSSR count). The van der Waals surface area contributed by atoms with Crippen LogP contribution < -0.4 is 0 Å². The maximum absolute atomic E-state index is 11.1. The molecule has 2 aromatic heterocycles. The summed E-state index contributed by atoms with van der Waals surface area (Å²) < 4.78 is 7.78. The standard InChI is InChI=1S/C19H16N4O3/c1-2-18-20-21-19(26-18)17-11-14-7-3-4-9-16(14)22(17)12-13-6-5-8-15(10-13)23(24)25/h3-11H,2,12H2,1H3. The van der Waals surface area contributed by atoms with Gasteiger partial charge < -0.3 is 8.98 Å². The highest BCUT2D eigenvalue weighted by atomic mass is 16.6. The number of hydrogen-bond acceptors (Lipinski definition) is 5. The molecule has 0 aliphatic carbocycles. The highest BCUT2D eigenvalue weighted by Gasteiger charge is 2.17. The van der Waals surface area contributed by atoms with Gasteiger partial charge in [0.1, 0.15) is 5.69 Å². The van der Waals surface area contributed by atoms with Crippen molar-refractivity contribution in [1.82, 2.24) is 14.8 Å². The van der Waals surface area contributed by atoms with Crippen molar-refractivity contribution in [1.29, 1.82) is 0 Å². The molecule has 0 unspecified atom stereocenters. The molecule has 0 N–H and O–H groups in total. The van der Waals surface area contributed by atoms with Crippen LogP contribution in [0.4, 0.5) is 5.69 Å². The van der Waals surface area contributed by atoms with Gasteiger partial charge in [0.2, 0.25) is 5.89 Å². The van der Waals surface area contributed by atoms with Crippen LogP contribution in [-0.2, 0) is 13.0 Å². The van der Waals surface area contributed by atoms with Crippen molar-refractivity contribution < 1.29 is 9.34 Å². The van der Waals surface area contributed by atoms with Gasteiger partial charge in [-0.1, -0.05) is 37.3 Å². The summed E-state index contributed by atoms with van der Waals surface area (Å²) in [6, 6.07) is 16.6. The summed E-state index contributed by atoms with van der Waals surface area (Å²) in [7, 11) is 0. The summed E-state index contributed by atoms with van der Waals surface area (Å²) in [6.45, 7) is 2.42. The van der Waals surface area contributed by atoms with Gasteiger partial charge in [-0.05, 0) is 17.7 Å². The average Bonchev–Trinajstić information content (AvgIpc) is 3.27. The zero-order valence-electron chi connectivity index (χ0n) is 14.1. The van der Waals surface area contributed by atoms with Crippen molar-refractivity contribution in [3.8, 4) is 11.6 Å². The predicted octanol–water partition coefficient (Wildman–Crippen LogP) is 4.21. The Bertz CT molecular complexity index is 1100. The minimum atomic E-state index is -0.385. The quantitative estimate of drug-likeness (QED) is 0.398. The molecule has 0 fully saturated rings. The van der Waals surface area contributed by atoms with E-state index in [-0.39, 0.29) is 10.6 Å². The lowest BCUT2D eigenvalue weighted by Crippen LogP contribution is -2.02.